The quantitative estimate of drug-likeness (QED) is 0.664. The van der Waals surface area contributed by atoms with E-state index in [1.807, 2.05) is 0 Å². The molecule has 112 valence electrons. The number of aryl methyl sites for hydroxylation is 2. The number of hydrogen-bond donors (Lipinski definition) is 2. The molecule has 0 amide bonds. The zero-order valence-corrected chi connectivity index (χ0v) is 12.0. The minimum atomic E-state index is -0.618. The monoisotopic (exact) mass is 293 g/mol. The molecule has 2 aromatic rings. The van der Waals surface area contributed by atoms with Gasteiger partial charge >= 0.3 is 5.97 Å². The predicted octanol–water partition coefficient (Wildman–Crippen LogP) is 2.41. The van der Waals surface area contributed by atoms with E-state index in [1.165, 1.54) is 13.2 Å². The van der Waals surface area contributed by atoms with E-state index in [-0.39, 0.29) is 16.9 Å². The van der Waals surface area contributed by atoms with Crippen LogP contribution in [0.5, 0.6) is 0 Å². The molecule has 1 aromatic heterocycles. The lowest BCUT2D eigenvalue weighted by atomic mass is 10.1. The summed E-state index contributed by atoms with van der Waals surface area (Å²) in [6, 6.07) is 2.41. The standard InChI is InChI=1S/C14H16FN3O3/c1-7-10(8(2)21-18-7)6-17-13-4-9(14(19)20-3)12(16)5-11(13)15/h4-5,17H,6,16H2,1-3H3. The lowest BCUT2D eigenvalue weighted by Gasteiger charge is -2.11. The number of methoxy groups -OCH3 is 1. The van der Waals surface area contributed by atoms with Crippen LogP contribution in [0.3, 0.4) is 0 Å². The van der Waals surface area contributed by atoms with Crippen LogP contribution in [-0.2, 0) is 11.3 Å². The summed E-state index contributed by atoms with van der Waals surface area (Å²) in [5.74, 6) is -0.510. The Labute approximate surface area is 121 Å². The topological polar surface area (TPSA) is 90.4 Å². The third-order valence-electron chi connectivity index (χ3n) is 3.18. The van der Waals surface area contributed by atoms with Gasteiger partial charge < -0.3 is 20.3 Å². The number of nitrogens with two attached hydrogens (primary N) is 1. The fraction of sp³-hybridized carbons (Fsp3) is 0.286. The Kier molecular flexibility index (Phi) is 4.11. The maximum atomic E-state index is 13.9. The summed E-state index contributed by atoms with van der Waals surface area (Å²) in [6.07, 6.45) is 0. The number of hydrogen-bond acceptors (Lipinski definition) is 6. The van der Waals surface area contributed by atoms with E-state index in [1.54, 1.807) is 13.8 Å². The molecule has 1 heterocycles. The van der Waals surface area contributed by atoms with E-state index >= 15 is 0 Å². The average molecular weight is 293 g/mol. The first-order valence-corrected chi connectivity index (χ1v) is 6.27. The maximum Gasteiger partial charge on any atom is 0.340 e. The number of nitrogens with one attached hydrogen (secondary N) is 1. The lowest BCUT2D eigenvalue weighted by molar-refractivity contribution is 0.0602. The van der Waals surface area contributed by atoms with E-state index in [4.69, 9.17) is 10.3 Å². The molecule has 21 heavy (non-hydrogen) atoms. The molecule has 0 fully saturated rings. The molecule has 0 aliphatic carbocycles. The van der Waals surface area contributed by atoms with Crippen LogP contribution in [0, 0.1) is 19.7 Å². The van der Waals surface area contributed by atoms with Gasteiger partial charge in [-0.15, -0.1) is 0 Å². The first-order valence-electron chi connectivity index (χ1n) is 6.27. The van der Waals surface area contributed by atoms with Gasteiger partial charge in [0.05, 0.1) is 24.1 Å². The van der Waals surface area contributed by atoms with Crippen LogP contribution in [-0.4, -0.2) is 18.2 Å². The van der Waals surface area contributed by atoms with E-state index in [2.05, 4.69) is 15.2 Å². The van der Waals surface area contributed by atoms with Crippen molar-refractivity contribution in [2.24, 2.45) is 0 Å². The smallest absolute Gasteiger partial charge is 0.340 e. The Hall–Kier alpha value is -2.57. The lowest BCUT2D eigenvalue weighted by Crippen LogP contribution is -2.09. The third-order valence-corrected chi connectivity index (χ3v) is 3.18. The van der Waals surface area contributed by atoms with Crippen LogP contribution in [0.1, 0.15) is 27.4 Å². The number of halogens is 1. The molecule has 1 aromatic carbocycles. The molecule has 0 aliphatic rings. The van der Waals surface area contributed by atoms with Gasteiger partial charge in [-0.1, -0.05) is 5.16 Å². The number of rotatable bonds is 4. The first kappa shape index (κ1) is 14.8. The van der Waals surface area contributed by atoms with Gasteiger partial charge in [-0.25, -0.2) is 9.18 Å². The zero-order valence-electron chi connectivity index (χ0n) is 12.0. The third kappa shape index (κ3) is 2.96. The Morgan fingerprint density at radius 3 is 2.76 bits per heavy atom. The van der Waals surface area contributed by atoms with Crippen molar-refractivity contribution in [2.75, 3.05) is 18.2 Å². The number of anilines is 2. The van der Waals surface area contributed by atoms with Gasteiger partial charge in [-0.2, -0.15) is 0 Å². The van der Waals surface area contributed by atoms with Crippen LogP contribution in [0.15, 0.2) is 16.7 Å². The predicted molar refractivity (Wildman–Crippen MR) is 75.5 cm³/mol. The number of aromatic nitrogens is 1. The average Bonchev–Trinajstić information content (AvgIpc) is 2.76. The van der Waals surface area contributed by atoms with Gasteiger partial charge in [-0.3, -0.25) is 0 Å². The molecule has 0 bridgehead atoms. The van der Waals surface area contributed by atoms with Crippen LogP contribution >= 0.6 is 0 Å². The first-order chi connectivity index (χ1) is 9.93. The number of carbonyl (C=O) groups excluding carboxylic acids is 1. The number of benzene rings is 1. The second-order valence-corrected chi connectivity index (χ2v) is 4.57. The molecule has 0 atom stereocenters. The summed E-state index contributed by atoms with van der Waals surface area (Å²) in [4.78, 5) is 11.6. The van der Waals surface area contributed by atoms with Crippen molar-refractivity contribution in [3.05, 3.63) is 40.5 Å². The van der Waals surface area contributed by atoms with Gasteiger partial charge in [0.1, 0.15) is 11.6 Å². The van der Waals surface area contributed by atoms with Crippen molar-refractivity contribution in [2.45, 2.75) is 20.4 Å². The van der Waals surface area contributed by atoms with Gasteiger partial charge in [0.2, 0.25) is 0 Å². The minimum absolute atomic E-state index is 0.0299. The summed E-state index contributed by atoms with van der Waals surface area (Å²) < 4.78 is 23.5. The van der Waals surface area contributed by atoms with Gasteiger partial charge in [0.25, 0.3) is 0 Å². The summed E-state index contributed by atoms with van der Waals surface area (Å²) in [6.45, 7) is 3.89. The fourth-order valence-corrected chi connectivity index (χ4v) is 1.95. The number of ether oxygens (including phenoxy) is 1. The second-order valence-electron chi connectivity index (χ2n) is 4.57. The molecule has 0 unspecified atom stereocenters. The van der Waals surface area contributed by atoms with Crippen molar-refractivity contribution < 1.29 is 18.4 Å². The van der Waals surface area contributed by atoms with Gasteiger partial charge in [-0.05, 0) is 26.0 Å². The molecule has 6 nitrogen and oxygen atoms in total. The van der Waals surface area contributed by atoms with Crippen molar-refractivity contribution in [1.29, 1.82) is 0 Å². The SMILES string of the molecule is COC(=O)c1cc(NCc2c(C)noc2C)c(F)cc1N. The minimum Gasteiger partial charge on any atom is -0.465 e. The summed E-state index contributed by atoms with van der Waals surface area (Å²) in [5, 5.41) is 6.73. The molecule has 7 heteroatoms. The summed E-state index contributed by atoms with van der Waals surface area (Å²) >= 11 is 0. The number of nitrogen functional groups attached to an aromatic ring is 1. The van der Waals surface area contributed by atoms with E-state index in [0.29, 0.717) is 12.3 Å². The van der Waals surface area contributed by atoms with Gasteiger partial charge in [0, 0.05) is 17.8 Å². The Morgan fingerprint density at radius 2 is 2.19 bits per heavy atom. The molecule has 0 aliphatic heterocycles. The zero-order chi connectivity index (χ0) is 15.6. The highest BCUT2D eigenvalue weighted by molar-refractivity contribution is 5.96. The molecule has 2 rings (SSSR count). The Bertz CT molecular complexity index is 663. The number of nitrogens with zero attached hydrogens (tertiary/aromatic N) is 1. The van der Waals surface area contributed by atoms with Crippen molar-refractivity contribution in [3.63, 3.8) is 0 Å². The molecular weight excluding hydrogens is 277 g/mol. The highest BCUT2D eigenvalue weighted by Gasteiger charge is 2.15. The number of esters is 1. The summed E-state index contributed by atoms with van der Waals surface area (Å²) in [7, 11) is 1.24. The molecular formula is C14H16FN3O3. The fourth-order valence-electron chi connectivity index (χ4n) is 1.95. The molecule has 0 saturated carbocycles. The van der Waals surface area contributed by atoms with E-state index in [9.17, 15) is 9.18 Å². The largest absolute Gasteiger partial charge is 0.465 e. The molecule has 3 N–H and O–H groups in total. The Morgan fingerprint density at radius 1 is 1.48 bits per heavy atom. The molecule has 0 radical (unpaired) electrons. The van der Waals surface area contributed by atoms with Crippen LogP contribution in [0.4, 0.5) is 15.8 Å². The van der Waals surface area contributed by atoms with E-state index < -0.39 is 11.8 Å². The second kappa shape index (κ2) is 5.82. The highest BCUT2D eigenvalue weighted by atomic mass is 19.1. The normalized spacial score (nSPS) is 10.5. The van der Waals surface area contributed by atoms with Crippen molar-refractivity contribution in [3.8, 4) is 0 Å². The van der Waals surface area contributed by atoms with Crippen molar-refractivity contribution >= 4 is 17.3 Å². The number of carbonyl (C=O) groups is 1. The maximum absolute atomic E-state index is 13.9. The van der Waals surface area contributed by atoms with Crippen LogP contribution in [0.2, 0.25) is 0 Å². The highest BCUT2D eigenvalue weighted by Crippen LogP contribution is 2.24. The van der Waals surface area contributed by atoms with Crippen molar-refractivity contribution in [1.82, 2.24) is 5.16 Å². The van der Waals surface area contributed by atoms with Crippen LogP contribution in [0.25, 0.3) is 0 Å². The van der Waals surface area contributed by atoms with Crippen LogP contribution < -0.4 is 11.1 Å². The molecule has 0 spiro atoms. The van der Waals surface area contributed by atoms with E-state index in [0.717, 1.165) is 17.3 Å². The molecule has 0 saturated heterocycles. The summed E-state index contributed by atoms with van der Waals surface area (Å²) in [5.41, 5.74) is 7.47. The Balaban J connectivity index is 2.26. The van der Waals surface area contributed by atoms with Gasteiger partial charge in [0.15, 0.2) is 0 Å².